The highest BCUT2D eigenvalue weighted by atomic mass is 28.3. The Morgan fingerprint density at radius 3 is 2.71 bits per heavy atom. The lowest BCUT2D eigenvalue weighted by atomic mass is 10.1. The third-order valence-electron chi connectivity index (χ3n) is 3.60. The summed E-state index contributed by atoms with van der Waals surface area (Å²) in [6.07, 6.45) is 7.27. The SMILES string of the molecule is C[SiH](C)C1CCOC(C=Cc2ccccc2)C1. The molecule has 0 amide bonds. The van der Waals surface area contributed by atoms with Crippen molar-refractivity contribution in [2.75, 3.05) is 6.61 Å². The van der Waals surface area contributed by atoms with Gasteiger partial charge in [-0.05, 0) is 23.9 Å². The van der Waals surface area contributed by atoms with E-state index in [-0.39, 0.29) is 0 Å². The fourth-order valence-electron chi connectivity index (χ4n) is 2.38. The van der Waals surface area contributed by atoms with E-state index in [0.29, 0.717) is 6.10 Å². The van der Waals surface area contributed by atoms with E-state index in [4.69, 9.17) is 4.74 Å². The molecule has 1 saturated heterocycles. The second-order valence-corrected chi connectivity index (χ2v) is 8.64. The van der Waals surface area contributed by atoms with Gasteiger partial charge in [0, 0.05) is 15.4 Å². The van der Waals surface area contributed by atoms with Crippen molar-refractivity contribution in [3.63, 3.8) is 0 Å². The van der Waals surface area contributed by atoms with Crippen LogP contribution in [0.5, 0.6) is 0 Å². The fourth-order valence-corrected chi connectivity index (χ4v) is 3.99. The van der Waals surface area contributed by atoms with E-state index < -0.39 is 8.80 Å². The Morgan fingerprint density at radius 2 is 2.00 bits per heavy atom. The predicted molar refractivity (Wildman–Crippen MR) is 77.1 cm³/mol. The van der Waals surface area contributed by atoms with Crippen LogP contribution in [-0.2, 0) is 4.74 Å². The normalized spacial score (nSPS) is 25.6. The summed E-state index contributed by atoms with van der Waals surface area (Å²) in [7, 11) is -0.503. The highest BCUT2D eigenvalue weighted by Crippen LogP contribution is 2.29. The topological polar surface area (TPSA) is 9.23 Å². The standard InChI is InChI=1S/C15H22OSi/c1-17(2)15-10-11-16-14(12-15)9-8-13-6-4-3-5-7-13/h3-9,14-15,17H,10-12H2,1-2H3. The van der Waals surface area contributed by atoms with Crippen molar-refractivity contribution in [1.82, 2.24) is 0 Å². The first-order chi connectivity index (χ1) is 8.25. The van der Waals surface area contributed by atoms with E-state index in [1.807, 2.05) is 0 Å². The Kier molecular flexibility index (Phi) is 4.57. The maximum Gasteiger partial charge on any atom is 0.0758 e. The van der Waals surface area contributed by atoms with Crippen LogP contribution in [0.4, 0.5) is 0 Å². The molecule has 0 aromatic heterocycles. The molecule has 1 aliphatic heterocycles. The van der Waals surface area contributed by atoms with E-state index in [1.165, 1.54) is 18.4 Å². The minimum Gasteiger partial charge on any atom is -0.374 e. The molecule has 0 bridgehead atoms. The molecule has 1 aromatic carbocycles. The Bertz CT molecular complexity index is 358. The fraction of sp³-hybridized carbons (Fsp3) is 0.467. The number of benzene rings is 1. The van der Waals surface area contributed by atoms with Gasteiger partial charge in [0.25, 0.3) is 0 Å². The summed E-state index contributed by atoms with van der Waals surface area (Å²) >= 11 is 0. The Morgan fingerprint density at radius 1 is 1.24 bits per heavy atom. The molecule has 2 unspecified atom stereocenters. The maximum atomic E-state index is 5.82. The van der Waals surface area contributed by atoms with Gasteiger partial charge in [-0.15, -0.1) is 0 Å². The molecule has 1 aliphatic rings. The van der Waals surface area contributed by atoms with Gasteiger partial charge in [-0.3, -0.25) is 0 Å². The third-order valence-corrected chi connectivity index (χ3v) is 6.09. The van der Waals surface area contributed by atoms with Crippen molar-refractivity contribution in [2.24, 2.45) is 0 Å². The van der Waals surface area contributed by atoms with Crippen molar-refractivity contribution < 1.29 is 4.74 Å². The van der Waals surface area contributed by atoms with E-state index in [1.54, 1.807) is 0 Å². The highest BCUT2D eigenvalue weighted by molar-refractivity contribution is 6.57. The molecule has 2 atom stereocenters. The molecule has 0 spiro atoms. The van der Waals surface area contributed by atoms with Crippen LogP contribution in [0.15, 0.2) is 36.4 Å². The van der Waals surface area contributed by atoms with Gasteiger partial charge < -0.3 is 4.74 Å². The van der Waals surface area contributed by atoms with Gasteiger partial charge in [0.2, 0.25) is 0 Å². The summed E-state index contributed by atoms with van der Waals surface area (Å²) in [5, 5.41) is 0. The molecule has 92 valence electrons. The molecule has 2 heteroatoms. The summed E-state index contributed by atoms with van der Waals surface area (Å²) in [5.74, 6) is 0. The van der Waals surface area contributed by atoms with E-state index >= 15 is 0 Å². The van der Waals surface area contributed by atoms with Crippen molar-refractivity contribution in [3.05, 3.63) is 42.0 Å². The van der Waals surface area contributed by atoms with Crippen LogP contribution < -0.4 is 0 Å². The van der Waals surface area contributed by atoms with Gasteiger partial charge in [-0.1, -0.05) is 55.6 Å². The van der Waals surface area contributed by atoms with Crippen LogP contribution in [0.1, 0.15) is 18.4 Å². The molecule has 1 nitrogen and oxygen atoms in total. The zero-order chi connectivity index (χ0) is 12.1. The zero-order valence-corrected chi connectivity index (χ0v) is 12.0. The van der Waals surface area contributed by atoms with Gasteiger partial charge in [-0.2, -0.15) is 0 Å². The molecule has 1 heterocycles. The molecule has 1 fully saturated rings. The zero-order valence-electron chi connectivity index (χ0n) is 10.8. The number of hydrogen-bond acceptors (Lipinski definition) is 1. The molecule has 2 rings (SSSR count). The number of hydrogen-bond donors (Lipinski definition) is 0. The maximum absolute atomic E-state index is 5.82. The third kappa shape index (κ3) is 3.82. The van der Waals surface area contributed by atoms with Crippen LogP contribution in [-0.4, -0.2) is 21.5 Å². The van der Waals surface area contributed by atoms with Gasteiger partial charge >= 0.3 is 0 Å². The first kappa shape index (κ1) is 12.6. The predicted octanol–water partition coefficient (Wildman–Crippen LogP) is 3.74. The Hall–Kier alpha value is -0.863. The highest BCUT2D eigenvalue weighted by Gasteiger charge is 2.23. The van der Waals surface area contributed by atoms with Crippen LogP contribution in [0.2, 0.25) is 18.6 Å². The molecule has 0 aliphatic carbocycles. The lowest BCUT2D eigenvalue weighted by Crippen LogP contribution is -2.27. The van der Waals surface area contributed by atoms with Crippen molar-refractivity contribution in [1.29, 1.82) is 0 Å². The van der Waals surface area contributed by atoms with Crippen LogP contribution in [0, 0.1) is 0 Å². The van der Waals surface area contributed by atoms with Crippen molar-refractivity contribution in [3.8, 4) is 0 Å². The minimum atomic E-state index is -0.503. The largest absolute Gasteiger partial charge is 0.374 e. The average molecular weight is 246 g/mol. The summed E-state index contributed by atoms with van der Waals surface area (Å²) in [6.45, 7) is 5.85. The first-order valence-electron chi connectivity index (χ1n) is 6.60. The van der Waals surface area contributed by atoms with Crippen LogP contribution >= 0.6 is 0 Å². The number of rotatable bonds is 3. The summed E-state index contributed by atoms with van der Waals surface area (Å²) in [5.41, 5.74) is 2.22. The lowest BCUT2D eigenvalue weighted by molar-refractivity contribution is 0.0467. The second-order valence-electron chi connectivity index (χ2n) is 5.21. The van der Waals surface area contributed by atoms with Gasteiger partial charge in [0.05, 0.1) is 6.10 Å². The summed E-state index contributed by atoms with van der Waals surface area (Å²) < 4.78 is 5.82. The quantitative estimate of drug-likeness (QED) is 0.738. The van der Waals surface area contributed by atoms with E-state index in [2.05, 4.69) is 55.6 Å². The van der Waals surface area contributed by atoms with Crippen molar-refractivity contribution >= 4 is 14.9 Å². The van der Waals surface area contributed by atoms with Crippen LogP contribution in [0.3, 0.4) is 0 Å². The molecule has 17 heavy (non-hydrogen) atoms. The van der Waals surface area contributed by atoms with Gasteiger partial charge in [0.15, 0.2) is 0 Å². The van der Waals surface area contributed by atoms with Gasteiger partial charge in [-0.25, -0.2) is 0 Å². The van der Waals surface area contributed by atoms with Crippen LogP contribution in [0.25, 0.3) is 6.08 Å². The molecule has 0 saturated carbocycles. The Balaban J connectivity index is 1.93. The van der Waals surface area contributed by atoms with E-state index in [0.717, 1.165) is 12.1 Å². The van der Waals surface area contributed by atoms with Gasteiger partial charge in [0.1, 0.15) is 0 Å². The smallest absolute Gasteiger partial charge is 0.0758 e. The Labute approximate surface area is 106 Å². The first-order valence-corrected chi connectivity index (χ1v) is 9.58. The molecular weight excluding hydrogens is 224 g/mol. The monoisotopic (exact) mass is 246 g/mol. The number of ether oxygens (including phenoxy) is 1. The molecule has 1 aromatic rings. The summed E-state index contributed by atoms with van der Waals surface area (Å²) in [4.78, 5) is 0. The lowest BCUT2D eigenvalue weighted by Gasteiger charge is -2.29. The minimum absolute atomic E-state index is 0.337. The van der Waals surface area contributed by atoms with E-state index in [9.17, 15) is 0 Å². The molecular formula is C15H22OSi. The molecule has 0 N–H and O–H groups in total. The average Bonchev–Trinajstić information content (AvgIpc) is 2.38. The molecule has 0 radical (unpaired) electrons. The van der Waals surface area contributed by atoms with Crippen molar-refractivity contribution in [2.45, 2.75) is 37.6 Å². The second kappa shape index (κ2) is 6.17. The summed E-state index contributed by atoms with van der Waals surface area (Å²) in [6, 6.07) is 10.5.